The van der Waals surface area contributed by atoms with Crippen LogP contribution >= 0.6 is 11.6 Å². The van der Waals surface area contributed by atoms with E-state index < -0.39 is 0 Å². The van der Waals surface area contributed by atoms with Crippen LogP contribution in [-0.4, -0.2) is 25.6 Å². The summed E-state index contributed by atoms with van der Waals surface area (Å²) >= 11 is 6.00. The number of ether oxygens (including phenoxy) is 1. The molecule has 1 rings (SSSR count). The van der Waals surface area contributed by atoms with E-state index in [1.54, 1.807) is 7.11 Å². The second-order valence-electron chi connectivity index (χ2n) is 3.61. The van der Waals surface area contributed by atoms with Gasteiger partial charge in [-0.15, -0.1) is 11.6 Å². The van der Waals surface area contributed by atoms with Crippen molar-refractivity contribution in [3.8, 4) is 0 Å². The number of methoxy groups -OCH3 is 1. The van der Waals surface area contributed by atoms with E-state index in [-0.39, 0.29) is 5.38 Å². The Morgan fingerprint density at radius 1 is 1.40 bits per heavy atom. The van der Waals surface area contributed by atoms with Gasteiger partial charge >= 0.3 is 0 Å². The number of alkyl halides is 1. The SMILES string of the molecule is COCC(Cl)CNCc1ccccc1C. The first-order valence-electron chi connectivity index (χ1n) is 5.12. The zero-order chi connectivity index (χ0) is 11.1. The smallest absolute Gasteiger partial charge is 0.0694 e. The molecule has 0 bridgehead atoms. The number of hydrogen-bond acceptors (Lipinski definition) is 2. The third-order valence-corrected chi connectivity index (χ3v) is 2.57. The van der Waals surface area contributed by atoms with Crippen molar-refractivity contribution in [2.45, 2.75) is 18.8 Å². The Balaban J connectivity index is 2.29. The summed E-state index contributed by atoms with van der Waals surface area (Å²) in [6.07, 6.45) is 0. The molecule has 15 heavy (non-hydrogen) atoms. The lowest BCUT2D eigenvalue weighted by Gasteiger charge is -2.11. The van der Waals surface area contributed by atoms with Crippen LogP contribution in [0, 0.1) is 6.92 Å². The summed E-state index contributed by atoms with van der Waals surface area (Å²) < 4.78 is 4.96. The predicted molar refractivity (Wildman–Crippen MR) is 64.4 cm³/mol. The summed E-state index contributed by atoms with van der Waals surface area (Å²) in [6.45, 7) is 4.33. The summed E-state index contributed by atoms with van der Waals surface area (Å²) in [7, 11) is 1.66. The Bertz CT molecular complexity index is 291. The highest BCUT2D eigenvalue weighted by atomic mass is 35.5. The molecule has 0 radical (unpaired) electrons. The van der Waals surface area contributed by atoms with Crippen molar-refractivity contribution in [3.05, 3.63) is 35.4 Å². The van der Waals surface area contributed by atoms with Crippen molar-refractivity contribution in [1.29, 1.82) is 0 Å². The molecule has 0 spiro atoms. The van der Waals surface area contributed by atoms with E-state index in [0.29, 0.717) is 6.61 Å². The van der Waals surface area contributed by atoms with Gasteiger partial charge < -0.3 is 10.1 Å². The normalized spacial score (nSPS) is 12.7. The first kappa shape index (κ1) is 12.5. The van der Waals surface area contributed by atoms with E-state index in [9.17, 15) is 0 Å². The third kappa shape index (κ3) is 4.65. The van der Waals surface area contributed by atoms with Gasteiger partial charge in [-0.3, -0.25) is 0 Å². The lowest BCUT2D eigenvalue weighted by Crippen LogP contribution is -2.26. The molecule has 1 aromatic rings. The van der Waals surface area contributed by atoms with Gasteiger partial charge in [-0.2, -0.15) is 0 Å². The van der Waals surface area contributed by atoms with Crippen LogP contribution in [0.2, 0.25) is 0 Å². The zero-order valence-electron chi connectivity index (χ0n) is 9.29. The molecule has 1 unspecified atom stereocenters. The van der Waals surface area contributed by atoms with Gasteiger partial charge in [-0.1, -0.05) is 24.3 Å². The average molecular weight is 228 g/mol. The van der Waals surface area contributed by atoms with E-state index in [0.717, 1.165) is 13.1 Å². The molecular weight excluding hydrogens is 210 g/mol. The molecule has 84 valence electrons. The minimum Gasteiger partial charge on any atom is -0.383 e. The number of benzene rings is 1. The van der Waals surface area contributed by atoms with Gasteiger partial charge in [0.2, 0.25) is 0 Å². The fourth-order valence-electron chi connectivity index (χ4n) is 1.41. The largest absolute Gasteiger partial charge is 0.383 e. The van der Waals surface area contributed by atoms with Crippen LogP contribution in [0.25, 0.3) is 0 Å². The van der Waals surface area contributed by atoms with Crippen molar-refractivity contribution in [3.63, 3.8) is 0 Å². The van der Waals surface area contributed by atoms with Crippen molar-refractivity contribution in [1.82, 2.24) is 5.32 Å². The zero-order valence-corrected chi connectivity index (χ0v) is 10.1. The van der Waals surface area contributed by atoms with E-state index in [1.165, 1.54) is 11.1 Å². The average Bonchev–Trinajstić information content (AvgIpc) is 2.21. The van der Waals surface area contributed by atoms with E-state index in [2.05, 4.69) is 30.4 Å². The first-order valence-corrected chi connectivity index (χ1v) is 5.56. The second-order valence-corrected chi connectivity index (χ2v) is 4.23. The summed E-state index contributed by atoms with van der Waals surface area (Å²) in [5.74, 6) is 0. The fourth-order valence-corrected chi connectivity index (χ4v) is 1.65. The number of rotatable bonds is 6. The van der Waals surface area contributed by atoms with Crippen LogP contribution in [0.4, 0.5) is 0 Å². The van der Waals surface area contributed by atoms with Gasteiger partial charge in [0, 0.05) is 20.2 Å². The molecule has 0 aliphatic heterocycles. The molecule has 0 saturated carbocycles. The van der Waals surface area contributed by atoms with Gasteiger partial charge in [-0.05, 0) is 18.1 Å². The topological polar surface area (TPSA) is 21.3 Å². The highest BCUT2D eigenvalue weighted by molar-refractivity contribution is 6.20. The lowest BCUT2D eigenvalue weighted by atomic mass is 10.1. The Labute approximate surface area is 96.6 Å². The van der Waals surface area contributed by atoms with E-state index in [1.807, 2.05) is 6.07 Å². The maximum atomic E-state index is 6.00. The number of halogens is 1. The van der Waals surface area contributed by atoms with Gasteiger partial charge in [0.25, 0.3) is 0 Å². The minimum atomic E-state index is 0.0408. The third-order valence-electron chi connectivity index (χ3n) is 2.29. The Morgan fingerprint density at radius 3 is 2.80 bits per heavy atom. The molecule has 0 aliphatic rings. The van der Waals surface area contributed by atoms with Crippen molar-refractivity contribution < 1.29 is 4.74 Å². The van der Waals surface area contributed by atoms with Crippen molar-refractivity contribution >= 4 is 11.6 Å². The highest BCUT2D eigenvalue weighted by Crippen LogP contribution is 2.06. The number of hydrogen-bond donors (Lipinski definition) is 1. The summed E-state index contributed by atoms with van der Waals surface area (Å²) in [5.41, 5.74) is 2.63. The minimum absolute atomic E-state index is 0.0408. The summed E-state index contributed by atoms with van der Waals surface area (Å²) in [4.78, 5) is 0. The van der Waals surface area contributed by atoms with Gasteiger partial charge in [0.1, 0.15) is 0 Å². The number of nitrogens with one attached hydrogen (secondary N) is 1. The standard InChI is InChI=1S/C12H18ClNO/c1-10-5-3-4-6-11(10)7-14-8-12(13)9-15-2/h3-6,12,14H,7-9H2,1-2H3. The Hall–Kier alpha value is -0.570. The maximum absolute atomic E-state index is 6.00. The first-order chi connectivity index (χ1) is 7.24. The molecular formula is C12H18ClNO. The van der Waals surface area contributed by atoms with Crippen molar-refractivity contribution in [2.24, 2.45) is 0 Å². The molecule has 0 fully saturated rings. The Morgan fingerprint density at radius 2 is 2.13 bits per heavy atom. The lowest BCUT2D eigenvalue weighted by molar-refractivity contribution is 0.197. The number of aryl methyl sites for hydroxylation is 1. The predicted octanol–water partition coefficient (Wildman–Crippen LogP) is 2.34. The molecule has 1 aromatic carbocycles. The quantitative estimate of drug-likeness (QED) is 0.754. The molecule has 0 aliphatic carbocycles. The maximum Gasteiger partial charge on any atom is 0.0694 e. The van der Waals surface area contributed by atoms with Crippen molar-refractivity contribution in [2.75, 3.05) is 20.3 Å². The van der Waals surface area contributed by atoms with Gasteiger partial charge in [0.05, 0.1) is 12.0 Å². The molecule has 0 heterocycles. The van der Waals surface area contributed by atoms with Gasteiger partial charge in [0.15, 0.2) is 0 Å². The monoisotopic (exact) mass is 227 g/mol. The molecule has 2 nitrogen and oxygen atoms in total. The fraction of sp³-hybridized carbons (Fsp3) is 0.500. The van der Waals surface area contributed by atoms with E-state index in [4.69, 9.17) is 16.3 Å². The van der Waals surface area contributed by atoms with E-state index >= 15 is 0 Å². The molecule has 3 heteroatoms. The van der Waals surface area contributed by atoms with Crippen LogP contribution in [-0.2, 0) is 11.3 Å². The van der Waals surface area contributed by atoms with Crippen LogP contribution in [0.1, 0.15) is 11.1 Å². The van der Waals surface area contributed by atoms with Crippen LogP contribution in [0.15, 0.2) is 24.3 Å². The highest BCUT2D eigenvalue weighted by Gasteiger charge is 2.03. The molecule has 0 amide bonds. The van der Waals surface area contributed by atoms with Gasteiger partial charge in [-0.25, -0.2) is 0 Å². The van der Waals surface area contributed by atoms with Crippen LogP contribution in [0.3, 0.4) is 0 Å². The summed E-state index contributed by atoms with van der Waals surface area (Å²) in [6, 6.07) is 8.34. The Kier molecular flexibility index (Phi) is 5.69. The van der Waals surface area contributed by atoms with Crippen LogP contribution < -0.4 is 5.32 Å². The summed E-state index contributed by atoms with van der Waals surface area (Å²) in [5, 5.41) is 3.36. The molecule has 0 saturated heterocycles. The molecule has 0 aromatic heterocycles. The molecule has 1 atom stereocenters. The second kappa shape index (κ2) is 6.83. The molecule has 1 N–H and O–H groups in total. The van der Waals surface area contributed by atoms with Crippen LogP contribution in [0.5, 0.6) is 0 Å².